The summed E-state index contributed by atoms with van der Waals surface area (Å²) in [6.45, 7) is 0. The Morgan fingerprint density at radius 2 is 1.75 bits per heavy atom. The molecule has 0 atom stereocenters. The van der Waals surface area contributed by atoms with Crippen molar-refractivity contribution in [3.63, 3.8) is 0 Å². The Morgan fingerprint density at radius 1 is 1.12 bits per heavy atom. The zero-order valence-electron chi connectivity index (χ0n) is 4.79. The van der Waals surface area contributed by atoms with Gasteiger partial charge in [-0.2, -0.15) is 0 Å². The fraction of sp³-hybridized carbons (Fsp3) is 0. The van der Waals surface area contributed by atoms with E-state index < -0.39 is 0 Å². The SMILES string of the molecule is [K][Te]c1ccccc1. The van der Waals surface area contributed by atoms with Crippen molar-refractivity contribution in [3.05, 3.63) is 30.3 Å². The molecule has 0 bridgehead atoms. The first-order valence-electron chi connectivity index (χ1n) is 2.52. The molecule has 0 aromatic heterocycles. The van der Waals surface area contributed by atoms with Crippen molar-refractivity contribution in [2.75, 3.05) is 0 Å². The third kappa shape index (κ3) is 2.49. The zero-order valence-corrected chi connectivity index (χ0v) is 10.2. The van der Waals surface area contributed by atoms with Crippen molar-refractivity contribution in [2.24, 2.45) is 0 Å². The summed E-state index contributed by atoms with van der Waals surface area (Å²) in [5, 5.41) is 0. The molecule has 36 valence electrons. The van der Waals surface area contributed by atoms with Crippen LogP contribution in [0.5, 0.6) is 0 Å². The van der Waals surface area contributed by atoms with E-state index in [1.54, 1.807) is 3.61 Å². The van der Waals surface area contributed by atoms with Gasteiger partial charge in [0.15, 0.2) is 0 Å². The summed E-state index contributed by atoms with van der Waals surface area (Å²) in [6.07, 6.45) is 0. The maximum atomic E-state index is 2.24. The normalized spacial score (nSPS) is 9.25. The molecule has 0 unspecified atom stereocenters. The maximum absolute atomic E-state index is 2.24. The molecular formula is C6H5KTe. The van der Waals surface area contributed by atoms with Crippen molar-refractivity contribution in [2.45, 2.75) is 0 Å². The van der Waals surface area contributed by atoms with Crippen LogP contribution in [0.3, 0.4) is 0 Å². The molecule has 0 spiro atoms. The molecule has 0 radical (unpaired) electrons. The first-order chi connectivity index (χ1) is 3.93. The van der Waals surface area contributed by atoms with Gasteiger partial charge in [0.1, 0.15) is 0 Å². The van der Waals surface area contributed by atoms with Crippen molar-refractivity contribution >= 4 is 56.1 Å². The first-order valence-corrected chi connectivity index (χ1v) is 14.6. The fourth-order valence-electron chi connectivity index (χ4n) is 0.557. The second-order valence-corrected chi connectivity index (χ2v) is 8.30. The van der Waals surface area contributed by atoms with Gasteiger partial charge in [-0.15, -0.1) is 0 Å². The summed E-state index contributed by atoms with van der Waals surface area (Å²) in [5.41, 5.74) is 0. The summed E-state index contributed by atoms with van der Waals surface area (Å²) in [6, 6.07) is 10.8. The molecule has 0 N–H and O–H groups in total. The second-order valence-electron chi connectivity index (χ2n) is 1.52. The van der Waals surface area contributed by atoms with E-state index in [1.807, 2.05) is 0 Å². The first kappa shape index (κ1) is 7.75. The third-order valence-electron chi connectivity index (χ3n) is 0.979. The number of rotatable bonds is 1. The van der Waals surface area contributed by atoms with E-state index in [1.165, 1.54) is 0 Å². The van der Waals surface area contributed by atoms with Crippen LogP contribution in [0.1, 0.15) is 0 Å². The van der Waals surface area contributed by atoms with Crippen molar-refractivity contribution < 1.29 is 0 Å². The van der Waals surface area contributed by atoms with Crippen LogP contribution in [0.2, 0.25) is 0 Å². The van der Waals surface area contributed by atoms with Crippen LogP contribution >= 0.6 is 0 Å². The summed E-state index contributed by atoms with van der Waals surface area (Å²) in [5.74, 6) is 0. The van der Waals surface area contributed by atoms with Gasteiger partial charge >= 0.3 is 86.5 Å². The van der Waals surface area contributed by atoms with E-state index in [0.717, 1.165) is 42.8 Å². The Labute approximate surface area is 84.2 Å². The van der Waals surface area contributed by atoms with Crippen molar-refractivity contribution in [1.29, 1.82) is 0 Å². The van der Waals surface area contributed by atoms with Crippen molar-refractivity contribution in [1.82, 2.24) is 0 Å². The monoisotopic (exact) mass is 246 g/mol. The molecule has 8 heavy (non-hydrogen) atoms. The molecule has 1 aromatic carbocycles. The summed E-state index contributed by atoms with van der Waals surface area (Å²) < 4.78 is 1.62. The molecule has 1 aromatic rings. The Hall–Kier alpha value is 1.65. The van der Waals surface area contributed by atoms with E-state index in [9.17, 15) is 0 Å². The average molecular weight is 244 g/mol. The van der Waals surface area contributed by atoms with Crippen LogP contribution in [0.15, 0.2) is 30.3 Å². The predicted molar refractivity (Wildman–Crippen MR) is 37.6 cm³/mol. The molecule has 0 aliphatic carbocycles. The fourth-order valence-corrected chi connectivity index (χ4v) is 4.63. The van der Waals surface area contributed by atoms with Crippen LogP contribution in [-0.2, 0) is 0 Å². The summed E-state index contributed by atoms with van der Waals surface area (Å²) >= 11 is 1.10. The summed E-state index contributed by atoms with van der Waals surface area (Å²) in [4.78, 5) is 0. The molecule has 0 saturated carbocycles. The van der Waals surface area contributed by atoms with E-state index in [4.69, 9.17) is 0 Å². The van der Waals surface area contributed by atoms with E-state index >= 15 is 0 Å². The van der Waals surface area contributed by atoms with Crippen molar-refractivity contribution in [3.8, 4) is 0 Å². The van der Waals surface area contributed by atoms with Gasteiger partial charge in [-0.05, 0) is 0 Å². The third-order valence-corrected chi connectivity index (χ3v) is 8.04. The Bertz CT molecular complexity index is 150. The standard InChI is InChI=1S/C6H6Te.K/c7-6-4-2-1-3-5-6;/h1-5,7H;/q;+1/p-1. The molecule has 0 nitrogen and oxygen atoms in total. The molecule has 0 fully saturated rings. The Morgan fingerprint density at radius 3 is 2.12 bits per heavy atom. The van der Waals surface area contributed by atoms with Gasteiger partial charge in [0.25, 0.3) is 0 Å². The van der Waals surface area contributed by atoms with E-state index in [0.29, 0.717) is 9.69 Å². The van der Waals surface area contributed by atoms with E-state index in [2.05, 4.69) is 30.3 Å². The van der Waals surface area contributed by atoms with Crippen LogP contribution in [0, 0.1) is 0 Å². The quantitative estimate of drug-likeness (QED) is 0.614. The molecule has 0 aliphatic heterocycles. The predicted octanol–water partition coefficient (Wildman–Crippen LogP) is 0.0996. The number of hydrogen-bond acceptors (Lipinski definition) is 0. The molecule has 0 amide bonds. The van der Waals surface area contributed by atoms with Gasteiger partial charge in [-0.25, -0.2) is 0 Å². The van der Waals surface area contributed by atoms with Gasteiger partial charge < -0.3 is 0 Å². The summed E-state index contributed by atoms with van der Waals surface area (Å²) in [7, 11) is 0.346. The van der Waals surface area contributed by atoms with E-state index in [-0.39, 0.29) is 0 Å². The van der Waals surface area contributed by atoms with Gasteiger partial charge in [0.2, 0.25) is 0 Å². The van der Waals surface area contributed by atoms with Crippen LogP contribution in [0.4, 0.5) is 0 Å². The van der Waals surface area contributed by atoms with Crippen LogP contribution in [0.25, 0.3) is 0 Å². The van der Waals surface area contributed by atoms with Crippen LogP contribution < -0.4 is 3.61 Å². The second kappa shape index (κ2) is 4.46. The van der Waals surface area contributed by atoms with Gasteiger partial charge in [0.05, 0.1) is 0 Å². The Balaban J connectivity index is 2.83. The number of benzene rings is 1. The molecule has 1 rings (SSSR count). The Kier molecular flexibility index (Phi) is 4.32. The molecule has 0 aliphatic rings. The number of hydrogen-bond donors (Lipinski definition) is 0. The van der Waals surface area contributed by atoms with Gasteiger partial charge in [-0.3, -0.25) is 0 Å². The van der Waals surface area contributed by atoms with Gasteiger partial charge in [0, 0.05) is 0 Å². The average Bonchev–Trinajstić information content (AvgIpc) is 1.90. The molecular weight excluding hydrogens is 239 g/mol. The minimum absolute atomic E-state index is 0.346. The topological polar surface area (TPSA) is 0 Å². The van der Waals surface area contributed by atoms with Gasteiger partial charge in [-0.1, -0.05) is 0 Å². The molecule has 0 heterocycles. The minimum atomic E-state index is 0.346. The van der Waals surface area contributed by atoms with Crippen LogP contribution in [-0.4, -0.2) is 52.5 Å². The molecule has 0 saturated heterocycles. The molecule has 2 heteroatoms. The zero-order chi connectivity index (χ0) is 5.82.